The minimum Gasteiger partial charge on any atom is -0.544 e. The third-order valence-corrected chi connectivity index (χ3v) is 2.89. The number of pyridine rings is 1. The molecule has 0 aliphatic rings. The van der Waals surface area contributed by atoms with Crippen LogP contribution in [-0.4, -0.2) is 48.4 Å². The average Bonchev–Trinajstić information content (AvgIpc) is 2.34. The van der Waals surface area contributed by atoms with Crippen LogP contribution in [0.2, 0.25) is 0 Å². The van der Waals surface area contributed by atoms with Crippen LogP contribution < -0.4 is 5.11 Å². The molecule has 1 aromatic rings. The number of rotatable bonds is 6. The summed E-state index contributed by atoms with van der Waals surface area (Å²) in [6.07, 6.45) is 2.84. The van der Waals surface area contributed by atoms with Gasteiger partial charge in [0.15, 0.2) is 5.78 Å². The van der Waals surface area contributed by atoms with E-state index in [1.54, 1.807) is 39.3 Å². The molecule has 0 bridgehead atoms. The number of likely N-dealkylation sites (N-methyl/N-ethyl adjacent to an activating group) is 1. The average molecular weight is 262 g/mol. The van der Waals surface area contributed by atoms with Crippen molar-refractivity contribution in [1.29, 1.82) is 0 Å². The van der Waals surface area contributed by atoms with Crippen molar-refractivity contribution in [2.45, 2.75) is 6.04 Å². The van der Waals surface area contributed by atoms with E-state index in [-0.39, 0.29) is 16.0 Å². The van der Waals surface area contributed by atoms with Gasteiger partial charge in [-0.1, -0.05) is 12.1 Å². The number of hydrogen-bond acceptors (Lipinski definition) is 4. The van der Waals surface area contributed by atoms with Gasteiger partial charge in [0.1, 0.15) is 17.7 Å². The highest BCUT2D eigenvalue weighted by Gasteiger charge is 2.37. The van der Waals surface area contributed by atoms with Crippen molar-refractivity contribution >= 4 is 11.8 Å². The highest BCUT2D eigenvalue weighted by molar-refractivity contribution is 5.99. The molecule has 0 aromatic carbocycles. The van der Waals surface area contributed by atoms with E-state index >= 15 is 0 Å². The molecular formula is C14H18N2O3. The molecule has 5 heteroatoms. The molecule has 0 amide bonds. The molecule has 0 aliphatic heterocycles. The highest BCUT2D eigenvalue weighted by Crippen LogP contribution is 2.19. The van der Waals surface area contributed by atoms with E-state index in [9.17, 15) is 14.7 Å². The van der Waals surface area contributed by atoms with Crippen LogP contribution in [0.5, 0.6) is 0 Å². The van der Waals surface area contributed by atoms with Crippen molar-refractivity contribution in [3.8, 4) is 0 Å². The van der Waals surface area contributed by atoms with Gasteiger partial charge in [-0.3, -0.25) is 9.78 Å². The summed E-state index contributed by atoms with van der Waals surface area (Å²) in [5.74, 6) is -2.51. The zero-order valence-electron chi connectivity index (χ0n) is 11.4. The van der Waals surface area contributed by atoms with Gasteiger partial charge < -0.3 is 14.4 Å². The molecule has 0 aliphatic carbocycles. The van der Waals surface area contributed by atoms with E-state index in [0.29, 0.717) is 0 Å². The normalized spacial score (nSPS) is 14.5. The third kappa shape index (κ3) is 3.48. The molecule has 102 valence electrons. The Morgan fingerprint density at radius 3 is 2.37 bits per heavy atom. The smallest absolute Gasteiger partial charge is 0.194 e. The summed E-state index contributed by atoms with van der Waals surface area (Å²) in [4.78, 5) is 27.6. The maximum Gasteiger partial charge on any atom is 0.194 e. The van der Waals surface area contributed by atoms with Gasteiger partial charge in [-0.05, 0) is 12.1 Å². The monoisotopic (exact) mass is 262 g/mol. The number of hydrogen-bond donors (Lipinski definition) is 0. The minimum absolute atomic E-state index is 0.0671. The number of carbonyl (C=O) groups is 2. The maximum absolute atomic E-state index is 12.3. The summed E-state index contributed by atoms with van der Waals surface area (Å²) in [5, 5.41) is 11.3. The summed E-state index contributed by atoms with van der Waals surface area (Å²) in [7, 11) is 5.09. The third-order valence-electron chi connectivity index (χ3n) is 2.89. The molecule has 0 fully saturated rings. The molecule has 0 radical (unpaired) electrons. The predicted molar refractivity (Wildman–Crippen MR) is 69.1 cm³/mol. The van der Waals surface area contributed by atoms with E-state index in [2.05, 4.69) is 11.6 Å². The zero-order valence-corrected chi connectivity index (χ0v) is 11.4. The van der Waals surface area contributed by atoms with Gasteiger partial charge in [0.05, 0.1) is 27.1 Å². The van der Waals surface area contributed by atoms with Crippen LogP contribution in [0.25, 0.3) is 0 Å². The molecule has 2 unspecified atom stereocenters. The number of nitrogens with zero attached hydrogens (tertiary/aromatic N) is 2. The lowest BCUT2D eigenvalue weighted by atomic mass is 9.91. The first kappa shape index (κ1) is 15.0. The first-order valence-corrected chi connectivity index (χ1v) is 5.88. The second kappa shape index (κ2) is 5.75. The van der Waals surface area contributed by atoms with Crippen molar-refractivity contribution in [2.75, 3.05) is 21.1 Å². The van der Waals surface area contributed by atoms with Crippen molar-refractivity contribution in [2.24, 2.45) is 5.92 Å². The first-order valence-electron chi connectivity index (χ1n) is 5.88. The number of quaternary nitrogens is 1. The molecular weight excluding hydrogens is 244 g/mol. The molecule has 5 nitrogen and oxygen atoms in total. The summed E-state index contributed by atoms with van der Waals surface area (Å²) in [6.45, 7) is 3.57. The Kier molecular flexibility index (Phi) is 4.56. The summed E-state index contributed by atoms with van der Waals surface area (Å²) in [5.41, 5.74) is 0.229. The summed E-state index contributed by atoms with van der Waals surface area (Å²) in [6, 6.07) is 3.92. The van der Waals surface area contributed by atoms with E-state index in [1.807, 2.05) is 0 Å². The van der Waals surface area contributed by atoms with Gasteiger partial charge in [-0.2, -0.15) is 0 Å². The lowest BCUT2D eigenvalue weighted by Crippen LogP contribution is -2.59. The van der Waals surface area contributed by atoms with Gasteiger partial charge in [0, 0.05) is 6.20 Å². The number of aliphatic carboxylic acids is 1. The Morgan fingerprint density at radius 1 is 1.37 bits per heavy atom. The van der Waals surface area contributed by atoms with Gasteiger partial charge in [-0.25, -0.2) is 0 Å². The molecule has 0 N–H and O–H groups in total. The summed E-state index contributed by atoms with van der Waals surface area (Å²) >= 11 is 0. The minimum atomic E-state index is -1.28. The molecule has 0 spiro atoms. The van der Waals surface area contributed by atoms with E-state index in [0.717, 1.165) is 0 Å². The van der Waals surface area contributed by atoms with E-state index in [1.165, 1.54) is 12.3 Å². The molecule has 2 atom stereocenters. The van der Waals surface area contributed by atoms with Crippen LogP contribution in [-0.2, 0) is 4.79 Å². The fourth-order valence-electron chi connectivity index (χ4n) is 2.00. The maximum atomic E-state index is 12.3. The first-order chi connectivity index (χ1) is 8.79. The highest BCUT2D eigenvalue weighted by atomic mass is 16.4. The predicted octanol–water partition coefficient (Wildman–Crippen LogP) is -0.109. The Labute approximate surface area is 112 Å². The largest absolute Gasteiger partial charge is 0.544 e. The topological polar surface area (TPSA) is 70.1 Å². The standard InChI is InChI=1S/C14H18N2O3/c1-5-10(12(14(18)19)16(2,3)4)13(17)11-8-6-7-9-15-11/h5-10,12H,1H2,2-4H3. The Hall–Kier alpha value is -2.01. The quantitative estimate of drug-likeness (QED) is 0.407. The number of carboxylic acid groups (broad SMARTS) is 1. The van der Waals surface area contributed by atoms with Crippen LogP contribution >= 0.6 is 0 Å². The molecule has 1 aromatic heterocycles. The second-order valence-corrected chi connectivity index (χ2v) is 5.22. The van der Waals surface area contributed by atoms with Crippen LogP contribution in [0.1, 0.15) is 10.5 Å². The Bertz CT molecular complexity index is 477. The second-order valence-electron chi connectivity index (χ2n) is 5.22. The van der Waals surface area contributed by atoms with Gasteiger partial charge in [-0.15, -0.1) is 6.58 Å². The zero-order chi connectivity index (χ0) is 14.6. The molecule has 0 saturated heterocycles. The van der Waals surface area contributed by atoms with Crippen LogP contribution in [0, 0.1) is 5.92 Å². The van der Waals surface area contributed by atoms with Crippen LogP contribution in [0.3, 0.4) is 0 Å². The Balaban J connectivity index is 3.16. The summed E-state index contributed by atoms with van der Waals surface area (Å²) < 4.78 is 0.0671. The number of Topliss-reactive ketones (excluding diaryl/α,β-unsaturated/α-hetero) is 1. The molecule has 1 rings (SSSR count). The van der Waals surface area contributed by atoms with Crippen molar-refractivity contribution < 1.29 is 19.2 Å². The van der Waals surface area contributed by atoms with Crippen molar-refractivity contribution in [3.05, 3.63) is 42.7 Å². The molecule has 0 saturated carbocycles. The fraction of sp³-hybridized carbons (Fsp3) is 0.357. The van der Waals surface area contributed by atoms with Gasteiger partial charge in [0.2, 0.25) is 0 Å². The van der Waals surface area contributed by atoms with E-state index in [4.69, 9.17) is 0 Å². The molecule has 19 heavy (non-hydrogen) atoms. The van der Waals surface area contributed by atoms with Crippen LogP contribution in [0.15, 0.2) is 37.1 Å². The number of aromatic nitrogens is 1. The fourth-order valence-corrected chi connectivity index (χ4v) is 2.00. The SMILES string of the molecule is C=CC(C(=O)c1ccccn1)C(C(=O)[O-])[N+](C)(C)C. The number of carboxylic acids is 1. The number of carbonyl (C=O) groups excluding carboxylic acids is 2. The lowest BCUT2D eigenvalue weighted by Gasteiger charge is -2.37. The Morgan fingerprint density at radius 2 is 2.00 bits per heavy atom. The van der Waals surface area contributed by atoms with Crippen LogP contribution in [0.4, 0.5) is 0 Å². The van der Waals surface area contributed by atoms with Gasteiger partial charge >= 0.3 is 0 Å². The number of ketones is 1. The van der Waals surface area contributed by atoms with E-state index < -0.39 is 17.9 Å². The molecule has 1 heterocycles. The lowest BCUT2D eigenvalue weighted by molar-refractivity contribution is -0.891. The van der Waals surface area contributed by atoms with Crippen molar-refractivity contribution in [1.82, 2.24) is 4.98 Å². The van der Waals surface area contributed by atoms with Gasteiger partial charge in [0.25, 0.3) is 0 Å². The van der Waals surface area contributed by atoms with Crippen molar-refractivity contribution in [3.63, 3.8) is 0 Å².